The van der Waals surface area contributed by atoms with Crippen molar-refractivity contribution < 1.29 is 0 Å². The van der Waals surface area contributed by atoms with Crippen molar-refractivity contribution >= 4 is 63.7 Å². The Morgan fingerprint density at radius 2 is 0.655 bits per heavy atom. The third-order valence-electron chi connectivity index (χ3n) is 5.49. The van der Waals surface area contributed by atoms with Gasteiger partial charge in [0.25, 0.3) is 0 Å². The van der Waals surface area contributed by atoms with Gasteiger partial charge in [-0.1, -0.05) is 88.0 Å². The monoisotopic (exact) mass is 644 g/mol. The summed E-state index contributed by atoms with van der Waals surface area (Å²) < 4.78 is -2.95. The molecule has 0 fully saturated rings. The minimum absolute atomic E-state index is 0.737. The van der Waals surface area contributed by atoms with E-state index in [-0.39, 0.29) is 0 Å². The second kappa shape index (κ2) is 7.62. The molecule has 0 radical (unpaired) electrons. The molecule has 4 unspecified atom stereocenters. The van der Waals surface area contributed by atoms with Crippen LogP contribution in [0.3, 0.4) is 0 Å². The van der Waals surface area contributed by atoms with Gasteiger partial charge >= 0.3 is 0 Å². The second-order valence-electron chi connectivity index (χ2n) is 7.05. The Hall–Kier alpha value is -0.960. The fourth-order valence-corrected chi connectivity index (χ4v) is 10.9. The van der Waals surface area contributed by atoms with Gasteiger partial charge in [-0.05, 0) is 73.4 Å². The van der Waals surface area contributed by atoms with Crippen LogP contribution in [-0.2, 0) is 0 Å². The van der Waals surface area contributed by atoms with E-state index in [1.807, 2.05) is 73.4 Å². The SMILES string of the molecule is BrC1(C(C2(Br)C=CC=CN2)(C2(Br)C=CC=CN2)C2(Br)C=CC=CN2)C=CC=CN1. The molecule has 0 saturated heterocycles. The summed E-state index contributed by atoms with van der Waals surface area (Å²) in [7, 11) is 0. The van der Waals surface area contributed by atoms with Gasteiger partial charge < -0.3 is 21.3 Å². The zero-order chi connectivity index (χ0) is 20.6. The normalized spacial score (nSPS) is 41.2. The molecule has 0 aromatic carbocycles. The Bertz CT molecular complexity index is 768. The lowest BCUT2D eigenvalue weighted by Crippen LogP contribution is -2.83. The van der Waals surface area contributed by atoms with Crippen LogP contribution < -0.4 is 21.3 Å². The van der Waals surface area contributed by atoms with Crippen LogP contribution in [0.1, 0.15) is 0 Å². The van der Waals surface area contributed by atoms with Crippen molar-refractivity contribution in [3.63, 3.8) is 0 Å². The predicted octanol–water partition coefficient (Wildman–Crippen LogP) is 5.03. The first-order valence-electron chi connectivity index (χ1n) is 9.07. The third-order valence-corrected chi connectivity index (χ3v) is 9.84. The fourth-order valence-electron chi connectivity index (χ4n) is 4.37. The van der Waals surface area contributed by atoms with E-state index in [1.165, 1.54) is 0 Å². The number of rotatable bonds is 4. The second-order valence-corrected chi connectivity index (χ2v) is 12.1. The van der Waals surface area contributed by atoms with Crippen molar-refractivity contribution in [2.24, 2.45) is 5.41 Å². The third kappa shape index (κ3) is 3.01. The van der Waals surface area contributed by atoms with E-state index in [4.69, 9.17) is 0 Å². The molecule has 0 aromatic rings. The summed E-state index contributed by atoms with van der Waals surface area (Å²) in [5, 5.41) is 14.3. The van der Waals surface area contributed by atoms with E-state index < -0.39 is 23.2 Å². The lowest BCUT2D eigenvalue weighted by Gasteiger charge is -2.66. The van der Waals surface area contributed by atoms with Crippen molar-refractivity contribution in [2.45, 2.75) is 17.8 Å². The fraction of sp³-hybridized carbons (Fsp3) is 0.238. The van der Waals surface area contributed by atoms with Gasteiger partial charge in [0.15, 0.2) is 0 Å². The molecular weight excluding hydrogens is 628 g/mol. The number of allylic oxidation sites excluding steroid dienone is 8. The van der Waals surface area contributed by atoms with Gasteiger partial charge in [-0.25, -0.2) is 0 Å². The van der Waals surface area contributed by atoms with Gasteiger partial charge in [0.05, 0.1) is 0 Å². The average molecular weight is 648 g/mol. The first kappa shape index (κ1) is 21.3. The van der Waals surface area contributed by atoms with Crippen LogP contribution in [0.25, 0.3) is 0 Å². The molecule has 8 heteroatoms. The summed E-state index contributed by atoms with van der Waals surface area (Å²) in [6.45, 7) is 0. The van der Waals surface area contributed by atoms with Gasteiger partial charge in [-0.15, -0.1) is 0 Å². The van der Waals surface area contributed by atoms with E-state index in [2.05, 4.69) is 109 Å². The molecule has 0 spiro atoms. The first-order chi connectivity index (χ1) is 13.8. The molecule has 4 nitrogen and oxygen atoms in total. The minimum Gasteiger partial charge on any atom is -0.372 e. The molecule has 0 aliphatic carbocycles. The summed E-state index contributed by atoms with van der Waals surface area (Å²) in [5.74, 6) is 0. The lowest BCUT2D eigenvalue weighted by molar-refractivity contribution is 0.0671. The molecular formula is C21H20Br4N4. The molecule has 0 amide bonds. The Balaban J connectivity index is 2.08. The van der Waals surface area contributed by atoms with Crippen LogP contribution in [0.5, 0.6) is 0 Å². The highest BCUT2D eigenvalue weighted by Crippen LogP contribution is 2.67. The minimum atomic E-state index is -0.801. The van der Waals surface area contributed by atoms with Crippen molar-refractivity contribution in [3.05, 3.63) is 97.7 Å². The molecule has 0 aromatic heterocycles. The zero-order valence-corrected chi connectivity index (χ0v) is 21.6. The highest BCUT2D eigenvalue weighted by Gasteiger charge is 2.77. The van der Waals surface area contributed by atoms with Crippen LogP contribution >= 0.6 is 63.7 Å². The Morgan fingerprint density at radius 1 is 0.414 bits per heavy atom. The van der Waals surface area contributed by atoms with E-state index in [0.717, 1.165) is 0 Å². The Kier molecular flexibility index (Phi) is 5.59. The van der Waals surface area contributed by atoms with Crippen molar-refractivity contribution in [3.8, 4) is 0 Å². The molecule has 4 atom stereocenters. The maximum Gasteiger partial charge on any atom is 0.127 e. The van der Waals surface area contributed by atoms with Crippen molar-refractivity contribution in [1.82, 2.24) is 21.3 Å². The van der Waals surface area contributed by atoms with Gasteiger partial charge in [-0.2, -0.15) is 0 Å². The van der Waals surface area contributed by atoms with Crippen LogP contribution in [0.2, 0.25) is 0 Å². The van der Waals surface area contributed by atoms with Crippen LogP contribution in [0, 0.1) is 5.41 Å². The number of nitrogens with one attached hydrogen (secondary N) is 4. The van der Waals surface area contributed by atoms with Crippen molar-refractivity contribution in [2.75, 3.05) is 0 Å². The standard InChI is InChI=1S/C21H20Br4N4/c22-17(9-1-5-13-26-17)21(18(23)10-2-6-14-27-18,19(24)11-3-7-15-28-19)20(25)12-4-8-16-29-20/h1-16,26-29H. The summed E-state index contributed by atoms with van der Waals surface area (Å²) in [6.07, 6.45) is 32.3. The van der Waals surface area contributed by atoms with Gasteiger partial charge in [0.2, 0.25) is 0 Å². The highest BCUT2D eigenvalue weighted by atomic mass is 79.9. The molecule has 0 bridgehead atoms. The molecule has 4 heterocycles. The topological polar surface area (TPSA) is 48.1 Å². The smallest absolute Gasteiger partial charge is 0.127 e. The van der Waals surface area contributed by atoms with Gasteiger partial charge in [0, 0.05) is 0 Å². The summed E-state index contributed by atoms with van der Waals surface area (Å²) in [4.78, 5) is 0. The predicted molar refractivity (Wildman–Crippen MR) is 135 cm³/mol. The Morgan fingerprint density at radius 3 is 0.828 bits per heavy atom. The first-order valence-corrected chi connectivity index (χ1v) is 12.2. The van der Waals surface area contributed by atoms with E-state index >= 15 is 0 Å². The summed E-state index contributed by atoms with van der Waals surface area (Å²) >= 11 is 16.4. The van der Waals surface area contributed by atoms with E-state index in [0.29, 0.717) is 0 Å². The number of halogens is 4. The van der Waals surface area contributed by atoms with Crippen LogP contribution in [-0.4, -0.2) is 17.8 Å². The number of hydrogen-bond donors (Lipinski definition) is 4. The molecule has 152 valence electrons. The zero-order valence-electron chi connectivity index (χ0n) is 15.2. The molecule has 4 aliphatic heterocycles. The average Bonchev–Trinajstić information content (AvgIpc) is 2.69. The maximum absolute atomic E-state index is 4.10. The van der Waals surface area contributed by atoms with Gasteiger partial charge in [0.1, 0.15) is 23.2 Å². The maximum atomic E-state index is 4.10. The summed E-state index contributed by atoms with van der Waals surface area (Å²) in [6, 6.07) is 0. The summed E-state index contributed by atoms with van der Waals surface area (Å²) in [5.41, 5.74) is -0.801. The molecule has 4 aliphatic rings. The van der Waals surface area contributed by atoms with Crippen molar-refractivity contribution in [1.29, 1.82) is 0 Å². The Labute approximate surface area is 204 Å². The molecule has 29 heavy (non-hydrogen) atoms. The van der Waals surface area contributed by atoms with Crippen LogP contribution in [0.15, 0.2) is 97.7 Å². The van der Waals surface area contributed by atoms with Gasteiger partial charge in [-0.3, -0.25) is 0 Å². The largest absolute Gasteiger partial charge is 0.372 e. The molecule has 4 rings (SSSR count). The molecule has 4 N–H and O–H groups in total. The number of hydrogen-bond acceptors (Lipinski definition) is 4. The van der Waals surface area contributed by atoms with E-state index in [1.54, 1.807) is 0 Å². The number of dihydropyridines is 4. The quantitative estimate of drug-likeness (QED) is 0.256. The van der Waals surface area contributed by atoms with Crippen LogP contribution in [0.4, 0.5) is 0 Å². The highest BCUT2D eigenvalue weighted by molar-refractivity contribution is 9.12. The number of alkyl halides is 4. The van der Waals surface area contributed by atoms with E-state index in [9.17, 15) is 0 Å². The molecule has 0 saturated carbocycles. The lowest BCUT2D eigenvalue weighted by atomic mass is 9.61.